The Balaban J connectivity index is 0.00000387. The summed E-state index contributed by atoms with van der Waals surface area (Å²) in [4.78, 5) is 34.7. The highest BCUT2D eigenvalue weighted by atomic mass is 79.9. The Morgan fingerprint density at radius 1 is 1.15 bits per heavy atom. The second-order valence-electron chi connectivity index (χ2n) is 12.0. The number of aliphatic imine (C=N–C) groups is 1. The van der Waals surface area contributed by atoms with E-state index in [4.69, 9.17) is 4.99 Å². The summed E-state index contributed by atoms with van der Waals surface area (Å²) in [6.45, 7) is 12.8. The number of carbonyl (C=O) groups is 2. The number of amides is 3. The minimum atomic E-state index is -0.801. The quantitative estimate of drug-likeness (QED) is 0.189. The number of guanidine groups is 1. The van der Waals surface area contributed by atoms with E-state index in [1.54, 1.807) is 0 Å². The van der Waals surface area contributed by atoms with E-state index in [1.165, 1.54) is 21.7 Å². The summed E-state index contributed by atoms with van der Waals surface area (Å²) >= 11 is 3.62. The third kappa shape index (κ3) is 6.91. The molecule has 2 unspecified atom stereocenters. The Bertz CT molecular complexity index is 1300. The van der Waals surface area contributed by atoms with Gasteiger partial charge in [0, 0.05) is 35.3 Å². The first-order chi connectivity index (χ1) is 19.0. The van der Waals surface area contributed by atoms with Crippen LogP contribution < -0.4 is 25.8 Å². The van der Waals surface area contributed by atoms with Crippen molar-refractivity contribution in [3.8, 4) is 0 Å². The lowest BCUT2D eigenvalue weighted by Crippen LogP contribution is -2.52. The summed E-state index contributed by atoms with van der Waals surface area (Å²) in [5.41, 5.74) is 4.61. The molecule has 10 heteroatoms. The second-order valence-corrected chi connectivity index (χ2v) is 12.9. The Kier molecular flexibility index (Phi) is 9.74. The fourth-order valence-electron chi connectivity index (χ4n) is 6.09. The zero-order chi connectivity index (χ0) is 28.6. The van der Waals surface area contributed by atoms with E-state index in [2.05, 4.69) is 76.6 Å². The van der Waals surface area contributed by atoms with Crippen LogP contribution in [0.2, 0.25) is 0 Å². The molecule has 0 radical (unpaired) electrons. The Labute approximate surface area is 262 Å². The molecule has 1 aliphatic carbocycles. The molecule has 2 atom stereocenters. The van der Waals surface area contributed by atoms with Gasteiger partial charge in [0.05, 0.1) is 12.2 Å². The number of aryl methyl sites for hydroxylation is 2. The molecule has 1 saturated carbocycles. The molecule has 2 saturated heterocycles. The molecule has 0 aromatic heterocycles. The molecular formula is C31H42Br2N6O2. The van der Waals surface area contributed by atoms with Gasteiger partial charge in [0.15, 0.2) is 5.96 Å². The first kappa shape index (κ1) is 31.3. The monoisotopic (exact) mass is 688 g/mol. The largest absolute Gasteiger partial charge is 0.369 e. The number of nitrogens with one attached hydrogen (secondary N) is 3. The molecule has 0 bridgehead atoms. The van der Waals surface area contributed by atoms with E-state index < -0.39 is 5.54 Å². The Morgan fingerprint density at radius 3 is 2.51 bits per heavy atom. The van der Waals surface area contributed by atoms with Crippen LogP contribution in [-0.2, 0) is 11.3 Å². The predicted octanol–water partition coefficient (Wildman–Crippen LogP) is 5.98. The number of hydrogen-bond acceptors (Lipinski definition) is 4. The first-order valence-corrected chi connectivity index (χ1v) is 15.2. The average molecular weight is 691 g/mol. The van der Waals surface area contributed by atoms with Crippen LogP contribution in [0.15, 0.2) is 45.9 Å². The van der Waals surface area contributed by atoms with E-state index in [0.29, 0.717) is 12.2 Å². The summed E-state index contributed by atoms with van der Waals surface area (Å²) in [6.07, 6.45) is 4.14. The van der Waals surface area contributed by atoms with E-state index in [-0.39, 0.29) is 46.9 Å². The van der Waals surface area contributed by atoms with Crippen molar-refractivity contribution in [1.82, 2.24) is 16.0 Å². The van der Waals surface area contributed by atoms with Crippen molar-refractivity contribution < 1.29 is 9.59 Å². The van der Waals surface area contributed by atoms with Crippen molar-refractivity contribution >= 4 is 62.2 Å². The van der Waals surface area contributed by atoms with Gasteiger partial charge in [-0.2, -0.15) is 0 Å². The van der Waals surface area contributed by atoms with Gasteiger partial charge in [0.25, 0.3) is 5.91 Å². The number of piperidine rings is 1. The molecule has 5 rings (SSSR count). The van der Waals surface area contributed by atoms with Crippen LogP contribution in [-0.4, -0.2) is 48.6 Å². The first-order valence-electron chi connectivity index (χ1n) is 14.4. The average Bonchev–Trinajstić information content (AvgIpc) is 3.70. The van der Waals surface area contributed by atoms with Crippen molar-refractivity contribution in [3.05, 3.63) is 57.6 Å². The number of benzene rings is 2. The maximum atomic E-state index is 13.2. The van der Waals surface area contributed by atoms with Gasteiger partial charge in [0.1, 0.15) is 5.54 Å². The van der Waals surface area contributed by atoms with Gasteiger partial charge < -0.3 is 20.9 Å². The lowest BCUT2D eigenvalue weighted by atomic mass is 9.96. The smallest absolute Gasteiger partial charge is 0.329 e. The normalized spacial score (nSPS) is 23.0. The molecule has 8 nitrogen and oxygen atoms in total. The van der Waals surface area contributed by atoms with E-state index >= 15 is 0 Å². The number of anilines is 2. The van der Waals surface area contributed by atoms with Crippen LogP contribution in [0.4, 0.5) is 16.2 Å². The number of halogens is 2. The zero-order valence-electron chi connectivity index (χ0n) is 24.6. The number of hydrogen-bond donors (Lipinski definition) is 3. The predicted molar refractivity (Wildman–Crippen MR) is 175 cm³/mol. The van der Waals surface area contributed by atoms with Crippen LogP contribution in [0.1, 0.15) is 63.1 Å². The summed E-state index contributed by atoms with van der Waals surface area (Å²) in [5, 5.41) is 10.1. The molecule has 222 valence electrons. The van der Waals surface area contributed by atoms with Crippen LogP contribution in [0, 0.1) is 19.8 Å². The molecular weight excluding hydrogens is 648 g/mol. The van der Waals surface area contributed by atoms with Crippen LogP contribution in [0.25, 0.3) is 0 Å². The molecule has 0 spiro atoms. The standard InChI is InChI=1S/C31H41BrN6O2.BrH/c1-19(2)34-29(35-25-9-7-13-37(18-25)27-20(3)14-24(32)15-21(27)4)33-17-22-8-6-10-26(16-22)38-28(39)31(5,23-11-12-23)36-30(38)40;/h6,8,10,14-16,19,23,25H,7,9,11-13,17-18H2,1-5H3,(H,36,40)(H2,33,34,35);1H. The fourth-order valence-corrected chi connectivity index (χ4v) is 6.78. The van der Waals surface area contributed by atoms with E-state index in [1.807, 2.05) is 31.2 Å². The van der Waals surface area contributed by atoms with Crippen molar-refractivity contribution in [3.63, 3.8) is 0 Å². The number of rotatable bonds is 7. The minimum absolute atomic E-state index is 0. The highest BCUT2D eigenvalue weighted by Gasteiger charge is 2.56. The highest BCUT2D eigenvalue weighted by Crippen LogP contribution is 2.43. The third-order valence-corrected chi connectivity index (χ3v) is 8.62. The number of carbonyl (C=O) groups excluding carboxylic acids is 2. The molecule has 2 aliphatic heterocycles. The van der Waals surface area contributed by atoms with Crippen molar-refractivity contribution in [2.75, 3.05) is 22.9 Å². The van der Waals surface area contributed by atoms with E-state index in [9.17, 15) is 9.59 Å². The molecule has 3 fully saturated rings. The van der Waals surface area contributed by atoms with Crippen LogP contribution in [0.5, 0.6) is 0 Å². The van der Waals surface area contributed by atoms with Gasteiger partial charge in [-0.15, -0.1) is 17.0 Å². The van der Waals surface area contributed by atoms with Gasteiger partial charge >= 0.3 is 6.03 Å². The Hall–Kier alpha value is -2.59. The number of imide groups is 1. The summed E-state index contributed by atoms with van der Waals surface area (Å²) in [6, 6.07) is 12.1. The molecule has 41 heavy (non-hydrogen) atoms. The zero-order valence-corrected chi connectivity index (χ0v) is 27.9. The van der Waals surface area contributed by atoms with Gasteiger partial charge in [-0.3, -0.25) is 4.79 Å². The number of nitrogens with zero attached hydrogens (tertiary/aromatic N) is 3. The summed E-state index contributed by atoms with van der Waals surface area (Å²) < 4.78 is 1.12. The van der Waals surface area contributed by atoms with Crippen molar-refractivity contribution in [1.29, 1.82) is 0 Å². The maximum Gasteiger partial charge on any atom is 0.329 e. The molecule has 3 N–H and O–H groups in total. The van der Waals surface area contributed by atoms with Gasteiger partial charge in [-0.25, -0.2) is 14.7 Å². The molecule has 3 amide bonds. The van der Waals surface area contributed by atoms with Gasteiger partial charge in [0.2, 0.25) is 0 Å². The van der Waals surface area contributed by atoms with Gasteiger partial charge in [-0.1, -0.05) is 28.1 Å². The van der Waals surface area contributed by atoms with Gasteiger partial charge in [-0.05, 0) is 107 Å². The number of urea groups is 1. The fraction of sp³-hybridized carbons (Fsp3) is 0.516. The third-order valence-electron chi connectivity index (χ3n) is 8.16. The second kappa shape index (κ2) is 12.7. The minimum Gasteiger partial charge on any atom is -0.369 e. The van der Waals surface area contributed by atoms with Crippen LogP contribution in [0.3, 0.4) is 0 Å². The SMILES string of the molecule is Br.Cc1cc(Br)cc(C)c1N1CCCC(NC(=NCc2cccc(N3C(=O)NC(C)(C4CC4)C3=O)c2)NC(C)C)C1. The lowest BCUT2D eigenvalue weighted by Gasteiger charge is -2.37. The molecule has 3 aliphatic rings. The summed E-state index contributed by atoms with van der Waals surface area (Å²) in [5.74, 6) is 0.833. The summed E-state index contributed by atoms with van der Waals surface area (Å²) in [7, 11) is 0. The van der Waals surface area contributed by atoms with Crippen molar-refractivity contribution in [2.24, 2.45) is 10.9 Å². The maximum absolute atomic E-state index is 13.2. The highest BCUT2D eigenvalue weighted by molar-refractivity contribution is 9.10. The van der Waals surface area contributed by atoms with Crippen LogP contribution >= 0.6 is 32.9 Å². The molecule has 2 aromatic rings. The Morgan fingerprint density at radius 2 is 1.85 bits per heavy atom. The molecule has 2 aromatic carbocycles. The van der Waals surface area contributed by atoms with Crippen molar-refractivity contribution in [2.45, 2.75) is 84.5 Å². The van der Waals surface area contributed by atoms with E-state index in [0.717, 1.165) is 54.8 Å². The lowest BCUT2D eigenvalue weighted by molar-refractivity contribution is -0.122. The molecule has 2 heterocycles. The topological polar surface area (TPSA) is 89.1 Å².